The van der Waals surface area contributed by atoms with Crippen LogP contribution in [0.2, 0.25) is 0 Å². The lowest BCUT2D eigenvalue weighted by Crippen LogP contribution is -2.13. The van der Waals surface area contributed by atoms with E-state index in [0.717, 1.165) is 0 Å². The van der Waals surface area contributed by atoms with Crippen LogP contribution in [0.1, 0.15) is 41.3 Å². The molecule has 1 N–H and O–H groups in total. The number of benzene rings is 2. The van der Waals surface area contributed by atoms with Crippen molar-refractivity contribution in [1.82, 2.24) is 0 Å². The molecule has 0 saturated carbocycles. The van der Waals surface area contributed by atoms with Gasteiger partial charge >= 0.3 is 5.97 Å². The number of carbonyl (C=O) groups is 1. The zero-order valence-electron chi connectivity index (χ0n) is 14.6. The maximum atomic E-state index is 12.9. The number of halogens is 5. The average Bonchev–Trinajstić information content (AvgIpc) is 2.58. The number of ether oxygens (including phenoxy) is 1. The maximum absolute atomic E-state index is 12.9. The second kappa shape index (κ2) is 9.15. The number of aryl methyl sites for hydroxylation is 1. The number of esters is 1. The van der Waals surface area contributed by atoms with Crippen molar-refractivity contribution in [3.63, 3.8) is 0 Å². The van der Waals surface area contributed by atoms with E-state index in [4.69, 9.17) is 4.74 Å². The third kappa shape index (κ3) is 4.92. The summed E-state index contributed by atoms with van der Waals surface area (Å²) in [4.78, 5) is 12.7. The van der Waals surface area contributed by atoms with Gasteiger partial charge in [0.2, 0.25) is 0 Å². The molecular weight excluding hydrogens is 716 g/mol. The number of hydrogen-bond donors (Lipinski definition) is 1. The monoisotopic (exact) mass is 724 g/mol. The van der Waals surface area contributed by atoms with E-state index in [-0.39, 0.29) is 22.1 Å². The molecule has 0 heterocycles. The summed E-state index contributed by atoms with van der Waals surface area (Å²) in [5.74, 6) is -0.662. The lowest BCUT2D eigenvalue weighted by Gasteiger charge is -2.17. The van der Waals surface area contributed by atoms with Crippen molar-refractivity contribution in [3.05, 3.63) is 51.2 Å². The van der Waals surface area contributed by atoms with Crippen LogP contribution in [0.4, 0.5) is 0 Å². The number of hydrogen-bond acceptors (Lipinski definition) is 4. The van der Waals surface area contributed by atoms with Gasteiger partial charge in [-0.2, -0.15) is 8.42 Å². The van der Waals surface area contributed by atoms with Crippen LogP contribution in [0.3, 0.4) is 0 Å². The molecule has 0 radical (unpaired) electrons. The first-order valence-electron chi connectivity index (χ1n) is 7.63. The van der Waals surface area contributed by atoms with Crippen LogP contribution >= 0.6 is 79.6 Å². The summed E-state index contributed by atoms with van der Waals surface area (Å²) >= 11 is 17.0. The first-order chi connectivity index (χ1) is 12.8. The van der Waals surface area contributed by atoms with Crippen molar-refractivity contribution in [2.24, 2.45) is 0 Å². The molecule has 2 aromatic carbocycles. The van der Waals surface area contributed by atoms with E-state index in [0.29, 0.717) is 33.5 Å². The molecule has 0 aromatic heterocycles. The van der Waals surface area contributed by atoms with Crippen LogP contribution in [-0.4, -0.2) is 18.9 Å². The molecule has 11 heteroatoms. The van der Waals surface area contributed by atoms with Gasteiger partial charge in [-0.25, -0.2) is 4.79 Å². The van der Waals surface area contributed by atoms with Crippen molar-refractivity contribution >= 4 is 95.7 Å². The second-order valence-electron chi connectivity index (χ2n) is 6.12. The van der Waals surface area contributed by atoms with Crippen molar-refractivity contribution in [2.75, 3.05) is 0 Å². The molecule has 0 aliphatic heterocycles. The second-order valence-corrected chi connectivity index (χ2v) is 11.5. The van der Waals surface area contributed by atoms with Crippen LogP contribution in [-0.2, 0) is 10.1 Å². The van der Waals surface area contributed by atoms with E-state index < -0.39 is 16.1 Å². The Bertz CT molecular complexity index is 1050. The van der Waals surface area contributed by atoms with E-state index in [9.17, 15) is 17.8 Å². The molecule has 0 amide bonds. The first kappa shape index (κ1) is 24.5. The molecule has 0 aliphatic rings. The SMILES string of the molecule is Cc1cc(S(=O)(=O)O)c(C(C)C)cc1OC(=O)c1c(Br)c(Br)c(Br)c(Br)c1Br. The Morgan fingerprint density at radius 2 is 1.43 bits per heavy atom. The smallest absolute Gasteiger partial charge is 0.345 e. The predicted octanol–water partition coefficient (Wildman–Crippen LogP) is 7.40. The van der Waals surface area contributed by atoms with Crippen molar-refractivity contribution < 1.29 is 22.5 Å². The molecule has 0 fully saturated rings. The fourth-order valence-electron chi connectivity index (χ4n) is 2.40. The van der Waals surface area contributed by atoms with E-state index >= 15 is 0 Å². The minimum Gasteiger partial charge on any atom is -0.423 e. The molecule has 0 saturated heterocycles. The molecule has 28 heavy (non-hydrogen) atoms. The molecular formula is C17H13Br5O5S. The molecule has 0 atom stereocenters. The lowest BCUT2D eigenvalue weighted by atomic mass is 10.0. The fraction of sp³-hybridized carbons (Fsp3) is 0.235. The van der Waals surface area contributed by atoms with Crippen LogP contribution < -0.4 is 4.74 Å². The first-order valence-corrected chi connectivity index (χ1v) is 13.0. The quantitative estimate of drug-likeness (QED) is 0.117. The summed E-state index contributed by atoms with van der Waals surface area (Å²) in [6.07, 6.45) is 0. The van der Waals surface area contributed by atoms with E-state index in [1.165, 1.54) is 12.1 Å². The Labute approximate surface area is 205 Å². The molecule has 5 nitrogen and oxygen atoms in total. The Balaban J connectivity index is 2.59. The molecule has 0 spiro atoms. The zero-order chi connectivity index (χ0) is 21.5. The van der Waals surface area contributed by atoms with Gasteiger partial charge in [-0.05, 0) is 116 Å². The van der Waals surface area contributed by atoms with E-state index in [2.05, 4.69) is 79.6 Å². The van der Waals surface area contributed by atoms with Gasteiger partial charge in [0.25, 0.3) is 10.1 Å². The Morgan fingerprint density at radius 1 is 0.964 bits per heavy atom. The highest BCUT2D eigenvalue weighted by Crippen LogP contribution is 2.45. The summed E-state index contributed by atoms with van der Waals surface area (Å²) in [5, 5.41) is 0. The summed E-state index contributed by atoms with van der Waals surface area (Å²) < 4.78 is 41.3. The van der Waals surface area contributed by atoms with Gasteiger partial charge < -0.3 is 4.74 Å². The summed E-state index contributed by atoms with van der Waals surface area (Å²) in [6.45, 7) is 5.15. The van der Waals surface area contributed by atoms with Gasteiger partial charge in [-0.15, -0.1) is 0 Å². The summed E-state index contributed by atoms with van der Waals surface area (Å²) in [5.41, 5.74) is 0.992. The molecule has 0 aliphatic carbocycles. The van der Waals surface area contributed by atoms with Crippen molar-refractivity contribution in [1.29, 1.82) is 0 Å². The fourth-order valence-corrected chi connectivity index (χ4v) is 6.69. The Hall–Kier alpha value is 0.220. The Kier molecular flexibility index (Phi) is 8.00. The third-order valence-electron chi connectivity index (χ3n) is 3.82. The van der Waals surface area contributed by atoms with Crippen LogP contribution in [0, 0.1) is 6.92 Å². The van der Waals surface area contributed by atoms with Crippen LogP contribution in [0.5, 0.6) is 5.75 Å². The highest BCUT2D eigenvalue weighted by atomic mass is 79.9. The normalized spacial score (nSPS) is 11.8. The molecule has 2 aromatic rings. The minimum absolute atomic E-state index is 0.198. The minimum atomic E-state index is -4.40. The predicted molar refractivity (Wildman–Crippen MR) is 125 cm³/mol. The van der Waals surface area contributed by atoms with Gasteiger partial charge in [0.05, 0.1) is 10.5 Å². The largest absolute Gasteiger partial charge is 0.423 e. The lowest BCUT2D eigenvalue weighted by molar-refractivity contribution is 0.0731. The van der Waals surface area contributed by atoms with Gasteiger partial charge in [-0.1, -0.05) is 13.8 Å². The topological polar surface area (TPSA) is 80.7 Å². The zero-order valence-corrected chi connectivity index (χ0v) is 23.4. The van der Waals surface area contributed by atoms with Gasteiger partial charge in [0, 0.05) is 22.4 Å². The van der Waals surface area contributed by atoms with Gasteiger partial charge in [0.15, 0.2) is 0 Å². The molecule has 152 valence electrons. The number of rotatable bonds is 4. The van der Waals surface area contributed by atoms with Crippen molar-refractivity contribution in [3.8, 4) is 5.75 Å². The maximum Gasteiger partial charge on any atom is 0.345 e. The summed E-state index contributed by atoms with van der Waals surface area (Å²) in [7, 11) is -4.40. The van der Waals surface area contributed by atoms with E-state index in [1.807, 2.05) is 0 Å². The molecule has 2 rings (SSSR count). The van der Waals surface area contributed by atoms with Crippen LogP contribution in [0.25, 0.3) is 0 Å². The van der Waals surface area contributed by atoms with E-state index in [1.54, 1.807) is 20.8 Å². The molecule has 0 unspecified atom stereocenters. The highest BCUT2D eigenvalue weighted by molar-refractivity contribution is 9.15. The Morgan fingerprint density at radius 3 is 1.86 bits per heavy atom. The molecule has 0 bridgehead atoms. The van der Waals surface area contributed by atoms with Gasteiger partial charge in [0.1, 0.15) is 5.75 Å². The standard InChI is InChI=1S/C17H13Br5O5S/c1-6(2)8-5-9(7(3)4-10(8)28(24,25)26)27-17(23)11-12(18)14(20)16(22)15(21)13(11)19/h4-6H,1-3H3,(H,24,25,26). The van der Waals surface area contributed by atoms with Gasteiger partial charge in [-0.3, -0.25) is 4.55 Å². The average molecular weight is 729 g/mol. The number of carbonyl (C=O) groups excluding carboxylic acids is 1. The summed E-state index contributed by atoms with van der Waals surface area (Å²) in [6, 6.07) is 2.76. The highest BCUT2D eigenvalue weighted by Gasteiger charge is 2.26. The van der Waals surface area contributed by atoms with Crippen molar-refractivity contribution in [2.45, 2.75) is 31.6 Å². The third-order valence-corrected chi connectivity index (χ3v) is 10.8. The van der Waals surface area contributed by atoms with Crippen LogP contribution in [0.15, 0.2) is 39.4 Å².